The lowest BCUT2D eigenvalue weighted by atomic mass is 9.59. The maximum Gasteiger partial charge on any atom is 0.338 e. The van der Waals surface area contributed by atoms with Crippen LogP contribution in [0, 0.1) is 5.92 Å². The maximum atomic E-state index is 12.8. The van der Waals surface area contributed by atoms with Crippen molar-refractivity contribution in [3.63, 3.8) is 0 Å². The molecule has 0 radical (unpaired) electrons. The van der Waals surface area contributed by atoms with Crippen LogP contribution in [-0.4, -0.2) is 81.7 Å². The number of carbonyl (C=O) groups is 4. The first-order chi connectivity index (χ1) is 14.2. The number of methoxy groups -OCH3 is 1. The fourth-order valence-corrected chi connectivity index (χ4v) is 4.71. The second-order valence-electron chi connectivity index (χ2n) is 7.67. The molecule has 1 aliphatic carbocycles. The minimum atomic E-state index is -2.48. The van der Waals surface area contributed by atoms with Gasteiger partial charge in [-0.3, -0.25) is 14.4 Å². The summed E-state index contributed by atoms with van der Waals surface area (Å²) < 4.78 is 24.5. The summed E-state index contributed by atoms with van der Waals surface area (Å²) in [5, 5.41) is 13.7. The number of amides is 1. The van der Waals surface area contributed by atoms with Crippen LogP contribution in [0.5, 0.6) is 0 Å². The van der Waals surface area contributed by atoms with Crippen molar-refractivity contribution in [1.29, 1.82) is 0 Å². The van der Waals surface area contributed by atoms with Crippen LogP contribution in [0.1, 0.15) is 20.8 Å². The highest BCUT2D eigenvalue weighted by Crippen LogP contribution is 2.56. The molecule has 2 heterocycles. The van der Waals surface area contributed by atoms with Gasteiger partial charge >= 0.3 is 17.9 Å². The van der Waals surface area contributed by atoms with E-state index in [-0.39, 0.29) is 0 Å². The summed E-state index contributed by atoms with van der Waals surface area (Å²) in [4.78, 5) is 49.3. The van der Waals surface area contributed by atoms with Gasteiger partial charge in [0.05, 0.1) is 5.92 Å². The number of halogens is 3. The molecule has 0 spiro atoms. The van der Waals surface area contributed by atoms with E-state index in [4.69, 9.17) is 58.5 Å². The Morgan fingerprint density at radius 1 is 1.13 bits per heavy atom. The van der Waals surface area contributed by atoms with E-state index in [0.29, 0.717) is 0 Å². The van der Waals surface area contributed by atoms with Gasteiger partial charge in [0.15, 0.2) is 24.6 Å². The molecule has 31 heavy (non-hydrogen) atoms. The Kier molecular flexibility index (Phi) is 6.18. The van der Waals surface area contributed by atoms with E-state index in [1.165, 1.54) is 14.0 Å². The number of ether oxygens (including phenoxy) is 5. The molecule has 1 saturated carbocycles. The first-order valence-electron chi connectivity index (χ1n) is 9.02. The van der Waals surface area contributed by atoms with E-state index in [9.17, 15) is 24.3 Å². The zero-order valence-electron chi connectivity index (χ0n) is 16.7. The maximum absolute atomic E-state index is 12.8. The quantitative estimate of drug-likeness (QED) is 0.298. The number of hydrogen-bond acceptors (Lipinski definition) is 10. The number of nitrogens with one attached hydrogen (secondary N) is 1. The predicted octanol–water partition coefficient (Wildman–Crippen LogP) is -0.247. The van der Waals surface area contributed by atoms with Crippen molar-refractivity contribution in [2.45, 2.75) is 66.4 Å². The lowest BCUT2D eigenvalue weighted by Crippen LogP contribution is -2.84. The number of rotatable bonds is 4. The van der Waals surface area contributed by atoms with E-state index in [1.54, 1.807) is 0 Å². The molecule has 3 aliphatic rings. The van der Waals surface area contributed by atoms with Crippen LogP contribution in [0.4, 0.5) is 0 Å². The monoisotopic (exact) mass is 503 g/mol. The van der Waals surface area contributed by atoms with Crippen LogP contribution in [0.3, 0.4) is 0 Å². The van der Waals surface area contributed by atoms with Crippen molar-refractivity contribution in [2.24, 2.45) is 5.92 Å². The van der Waals surface area contributed by atoms with Gasteiger partial charge < -0.3 is 34.1 Å². The zero-order valence-corrected chi connectivity index (χ0v) is 19.0. The normalized spacial score (nSPS) is 41.2. The molecule has 2 unspecified atom stereocenters. The minimum Gasteiger partial charge on any atom is -0.457 e. The molecule has 0 aromatic carbocycles. The highest BCUT2D eigenvalue weighted by molar-refractivity contribution is 6.76. The topological polar surface area (TPSA) is 147 Å². The third-order valence-electron chi connectivity index (χ3n) is 5.64. The second-order valence-corrected chi connectivity index (χ2v) is 9.96. The Hall–Kier alpha value is -1.37. The Morgan fingerprint density at radius 2 is 1.68 bits per heavy atom. The average Bonchev–Trinajstić information content (AvgIpc) is 2.85. The van der Waals surface area contributed by atoms with E-state index in [2.05, 4.69) is 5.32 Å². The first-order valence-corrected chi connectivity index (χ1v) is 10.2. The highest BCUT2D eigenvalue weighted by atomic mass is 35.6. The fraction of sp³-hybridized carbons (Fsp3) is 0.765. The second kappa shape index (κ2) is 7.89. The lowest BCUT2D eigenvalue weighted by Gasteiger charge is -2.59. The van der Waals surface area contributed by atoms with Crippen molar-refractivity contribution in [3.05, 3.63) is 0 Å². The molecule has 2 N–H and O–H groups in total. The molecule has 2 saturated heterocycles. The van der Waals surface area contributed by atoms with E-state index < -0.39 is 75.4 Å². The summed E-state index contributed by atoms with van der Waals surface area (Å²) in [7, 11) is 1.26. The molecule has 14 heteroatoms. The van der Waals surface area contributed by atoms with Crippen LogP contribution >= 0.6 is 34.8 Å². The average molecular weight is 505 g/mol. The molecule has 1 amide bonds. The van der Waals surface area contributed by atoms with Gasteiger partial charge in [0.1, 0.15) is 17.2 Å². The predicted molar refractivity (Wildman–Crippen MR) is 102 cm³/mol. The zero-order chi connectivity index (χ0) is 23.5. The molecule has 0 aromatic rings. The Labute approximate surface area is 191 Å². The van der Waals surface area contributed by atoms with Gasteiger partial charge in [0.25, 0.3) is 9.70 Å². The van der Waals surface area contributed by atoms with Crippen molar-refractivity contribution >= 4 is 58.6 Å². The Balaban J connectivity index is 2.27. The summed E-state index contributed by atoms with van der Waals surface area (Å²) >= 11 is 17.2. The molecule has 11 nitrogen and oxygen atoms in total. The van der Waals surface area contributed by atoms with E-state index in [0.717, 1.165) is 13.8 Å². The first kappa shape index (κ1) is 24.3. The van der Waals surface area contributed by atoms with Crippen LogP contribution in [0.25, 0.3) is 0 Å². The SMILES string of the molecule is CO[C@H]1O[C@@H]2C(=O)O[C@@H]3C1[C@@]2(NC(=O)C(Cl)(Cl)Cl)[C@@H](OC(C)=O)C(OC(C)=O)[C@@]3(C)O. The number of carbonyl (C=O) groups excluding carboxylic acids is 4. The smallest absolute Gasteiger partial charge is 0.338 e. The summed E-state index contributed by atoms with van der Waals surface area (Å²) in [6.45, 7) is 3.34. The molecular weight excluding hydrogens is 485 g/mol. The van der Waals surface area contributed by atoms with E-state index >= 15 is 0 Å². The van der Waals surface area contributed by atoms with Gasteiger partial charge in [-0.05, 0) is 6.92 Å². The third kappa shape index (κ3) is 3.75. The molecular formula is C17H20Cl3NO10. The van der Waals surface area contributed by atoms with Gasteiger partial charge in [-0.1, -0.05) is 34.8 Å². The van der Waals surface area contributed by atoms with Crippen LogP contribution in [-0.2, 0) is 42.9 Å². The van der Waals surface area contributed by atoms with Gasteiger partial charge in [0.2, 0.25) is 0 Å². The summed E-state index contributed by atoms with van der Waals surface area (Å²) in [5.41, 5.74) is -4.05. The summed E-state index contributed by atoms with van der Waals surface area (Å²) in [6.07, 6.45) is -7.47. The van der Waals surface area contributed by atoms with Gasteiger partial charge in [-0.25, -0.2) is 4.79 Å². The van der Waals surface area contributed by atoms with Crippen molar-refractivity contribution < 1.29 is 48.0 Å². The molecule has 0 aromatic heterocycles. The molecule has 174 valence electrons. The standard InChI is InChI=1S/C17H20Cl3NO10/c1-5(22)28-9-10(29-6(2)23)16(21-14(25)17(18,19)20)7-8(15(9,3)26)30-12(24)11(16)31-13(7)27-4/h7-11,13,26H,1-4H3,(H,21,25)/t7?,8-,9?,10+,11-,13+,15+,16-/m1/s1. The summed E-state index contributed by atoms with van der Waals surface area (Å²) in [6, 6.07) is 0. The van der Waals surface area contributed by atoms with Crippen molar-refractivity contribution in [1.82, 2.24) is 5.32 Å². The van der Waals surface area contributed by atoms with Gasteiger partial charge in [-0.15, -0.1) is 0 Å². The number of aliphatic hydroxyl groups is 1. The third-order valence-corrected chi connectivity index (χ3v) is 6.15. The van der Waals surface area contributed by atoms with E-state index in [1.807, 2.05) is 0 Å². The molecule has 8 atom stereocenters. The molecule has 2 aliphatic heterocycles. The minimum absolute atomic E-state index is 0.840. The summed E-state index contributed by atoms with van der Waals surface area (Å²) in [5.74, 6) is -5.02. The van der Waals surface area contributed by atoms with Crippen molar-refractivity contribution in [2.75, 3.05) is 7.11 Å². The number of alkyl halides is 3. The van der Waals surface area contributed by atoms with Gasteiger partial charge in [0, 0.05) is 21.0 Å². The Morgan fingerprint density at radius 3 is 2.16 bits per heavy atom. The molecule has 4 bridgehead atoms. The number of hydrogen-bond donors (Lipinski definition) is 2. The van der Waals surface area contributed by atoms with Crippen LogP contribution < -0.4 is 5.32 Å². The lowest BCUT2D eigenvalue weighted by molar-refractivity contribution is -0.278. The van der Waals surface area contributed by atoms with Crippen LogP contribution in [0.2, 0.25) is 0 Å². The van der Waals surface area contributed by atoms with Gasteiger partial charge in [-0.2, -0.15) is 0 Å². The van der Waals surface area contributed by atoms with Crippen molar-refractivity contribution in [3.8, 4) is 0 Å². The largest absolute Gasteiger partial charge is 0.457 e. The molecule has 3 rings (SSSR count). The number of esters is 3. The molecule has 3 fully saturated rings. The Bertz CT molecular complexity index is 814. The highest BCUT2D eigenvalue weighted by Gasteiger charge is 2.80. The fourth-order valence-electron chi connectivity index (χ4n) is 4.56. The van der Waals surface area contributed by atoms with Crippen LogP contribution in [0.15, 0.2) is 0 Å².